The van der Waals surface area contributed by atoms with Gasteiger partial charge in [0.25, 0.3) is 0 Å². The number of hydrogen-bond donors (Lipinski definition) is 1. The molecule has 0 amide bonds. The molecule has 0 heterocycles. The van der Waals surface area contributed by atoms with Gasteiger partial charge in [-0.1, -0.05) is 36.4 Å². The molecule has 112 valence electrons. The smallest absolute Gasteiger partial charge is 0.123 e. The molecule has 1 aliphatic carbocycles. The molecule has 2 aromatic rings. The maximum absolute atomic E-state index is 13.5. The lowest BCUT2D eigenvalue weighted by Gasteiger charge is -2.34. The molecule has 1 aliphatic rings. The van der Waals surface area contributed by atoms with Crippen LogP contribution in [-0.2, 0) is 6.42 Å². The summed E-state index contributed by atoms with van der Waals surface area (Å²) in [4.78, 5) is 0. The van der Waals surface area contributed by atoms with Crippen LogP contribution >= 0.6 is 12.4 Å². The highest BCUT2D eigenvalue weighted by Crippen LogP contribution is 2.40. The zero-order valence-electron chi connectivity index (χ0n) is 12.2. The van der Waals surface area contributed by atoms with Crippen LogP contribution in [0.4, 0.5) is 4.39 Å². The fraction of sp³-hybridized carbons (Fsp3) is 0.333. The fourth-order valence-corrected chi connectivity index (χ4v) is 3.45. The Morgan fingerprint density at radius 2 is 1.90 bits per heavy atom. The van der Waals surface area contributed by atoms with Crippen LogP contribution in [0.5, 0.6) is 0 Å². The normalized spacial score (nSPS) is 20.5. The molecule has 0 radical (unpaired) electrons. The first kappa shape index (κ1) is 16.0. The second-order valence-electron chi connectivity index (χ2n) is 5.59. The van der Waals surface area contributed by atoms with E-state index in [2.05, 4.69) is 29.6 Å². The largest absolute Gasteiger partial charge is 0.319 e. The zero-order valence-corrected chi connectivity index (χ0v) is 13.0. The summed E-state index contributed by atoms with van der Waals surface area (Å²) in [6.45, 7) is 0.996. The molecule has 3 rings (SSSR count). The third kappa shape index (κ3) is 3.28. The zero-order chi connectivity index (χ0) is 13.9. The van der Waals surface area contributed by atoms with E-state index >= 15 is 0 Å². The molecule has 0 aliphatic heterocycles. The summed E-state index contributed by atoms with van der Waals surface area (Å²) in [5, 5.41) is 3.31. The van der Waals surface area contributed by atoms with Gasteiger partial charge < -0.3 is 5.32 Å². The number of benzene rings is 2. The summed E-state index contributed by atoms with van der Waals surface area (Å²) in [6.07, 6.45) is 2.08. The van der Waals surface area contributed by atoms with Crippen molar-refractivity contribution in [3.63, 3.8) is 0 Å². The van der Waals surface area contributed by atoms with Gasteiger partial charge in [-0.25, -0.2) is 4.39 Å². The van der Waals surface area contributed by atoms with Crippen molar-refractivity contribution in [2.75, 3.05) is 13.6 Å². The second kappa shape index (κ2) is 7.06. The molecule has 21 heavy (non-hydrogen) atoms. The number of hydrogen-bond acceptors (Lipinski definition) is 1. The second-order valence-corrected chi connectivity index (χ2v) is 5.59. The van der Waals surface area contributed by atoms with E-state index in [9.17, 15) is 4.39 Å². The Balaban J connectivity index is 0.00000161. The molecule has 0 saturated heterocycles. The van der Waals surface area contributed by atoms with Crippen molar-refractivity contribution in [3.8, 4) is 0 Å². The van der Waals surface area contributed by atoms with Crippen LogP contribution in [0.25, 0.3) is 0 Å². The molecule has 2 atom stereocenters. The summed E-state index contributed by atoms with van der Waals surface area (Å²) < 4.78 is 13.5. The Morgan fingerprint density at radius 3 is 2.62 bits per heavy atom. The summed E-state index contributed by atoms with van der Waals surface area (Å²) in [5.41, 5.74) is 3.80. The Morgan fingerprint density at radius 1 is 1.14 bits per heavy atom. The Hall–Kier alpha value is -1.38. The third-order valence-electron chi connectivity index (χ3n) is 4.32. The SMILES string of the molecule is CNC[C@@H]1CCc2cc(F)ccc2[C@@H]1c1ccccc1.Cl. The molecule has 0 aromatic heterocycles. The van der Waals surface area contributed by atoms with Gasteiger partial charge in [0.2, 0.25) is 0 Å². The minimum absolute atomic E-state index is 0. The molecule has 0 spiro atoms. The van der Waals surface area contributed by atoms with Crippen molar-refractivity contribution >= 4 is 12.4 Å². The van der Waals surface area contributed by atoms with E-state index in [-0.39, 0.29) is 18.2 Å². The van der Waals surface area contributed by atoms with Gasteiger partial charge in [0.1, 0.15) is 5.82 Å². The summed E-state index contributed by atoms with van der Waals surface area (Å²) in [6, 6.07) is 15.9. The molecular formula is C18H21ClFN. The van der Waals surface area contributed by atoms with E-state index in [0.29, 0.717) is 11.8 Å². The predicted octanol–water partition coefficient (Wildman–Crippen LogP) is 4.16. The first-order valence-corrected chi connectivity index (χ1v) is 7.27. The Bertz CT molecular complexity index is 585. The first-order chi connectivity index (χ1) is 9.79. The van der Waals surface area contributed by atoms with Crippen LogP contribution in [0, 0.1) is 11.7 Å². The van der Waals surface area contributed by atoms with Gasteiger partial charge in [-0.05, 0) is 61.2 Å². The van der Waals surface area contributed by atoms with E-state index in [1.807, 2.05) is 19.2 Å². The highest BCUT2D eigenvalue weighted by atomic mass is 35.5. The average Bonchev–Trinajstić information content (AvgIpc) is 2.48. The minimum atomic E-state index is -0.123. The number of rotatable bonds is 3. The van der Waals surface area contributed by atoms with Crippen molar-refractivity contribution in [2.24, 2.45) is 5.92 Å². The highest BCUT2D eigenvalue weighted by Gasteiger charge is 2.30. The first-order valence-electron chi connectivity index (χ1n) is 7.27. The van der Waals surface area contributed by atoms with Crippen LogP contribution in [0.3, 0.4) is 0 Å². The van der Waals surface area contributed by atoms with Gasteiger partial charge in [0.15, 0.2) is 0 Å². The van der Waals surface area contributed by atoms with Gasteiger partial charge in [-0.2, -0.15) is 0 Å². The third-order valence-corrected chi connectivity index (χ3v) is 4.32. The summed E-state index contributed by atoms with van der Waals surface area (Å²) >= 11 is 0. The van der Waals surface area contributed by atoms with E-state index in [4.69, 9.17) is 0 Å². The van der Waals surface area contributed by atoms with Gasteiger partial charge in [-0.15, -0.1) is 12.4 Å². The number of fused-ring (bicyclic) bond motifs is 1. The standard InChI is InChI=1S/C18H20FN.ClH/c1-20-12-15-8-7-14-11-16(19)9-10-17(14)18(15)13-5-3-2-4-6-13;/h2-6,9-11,15,18,20H,7-8,12H2,1H3;1H/t15-,18+;/m0./s1. The number of nitrogens with one attached hydrogen (secondary N) is 1. The van der Waals surface area contributed by atoms with E-state index in [1.165, 1.54) is 16.7 Å². The molecule has 0 saturated carbocycles. The topological polar surface area (TPSA) is 12.0 Å². The molecule has 3 heteroatoms. The summed E-state index contributed by atoms with van der Waals surface area (Å²) in [5.74, 6) is 0.816. The highest BCUT2D eigenvalue weighted by molar-refractivity contribution is 5.85. The molecule has 1 N–H and O–H groups in total. The monoisotopic (exact) mass is 305 g/mol. The van der Waals surface area contributed by atoms with E-state index < -0.39 is 0 Å². The number of aryl methyl sites for hydroxylation is 1. The predicted molar refractivity (Wildman–Crippen MR) is 87.7 cm³/mol. The van der Waals surface area contributed by atoms with Gasteiger partial charge >= 0.3 is 0 Å². The van der Waals surface area contributed by atoms with E-state index in [1.54, 1.807) is 12.1 Å². The maximum atomic E-state index is 13.5. The lowest BCUT2D eigenvalue weighted by atomic mass is 9.72. The Labute approximate surface area is 132 Å². The molecule has 0 fully saturated rings. The van der Waals surface area contributed by atoms with Gasteiger partial charge in [0, 0.05) is 5.92 Å². The fourth-order valence-electron chi connectivity index (χ4n) is 3.45. The van der Waals surface area contributed by atoms with Crippen LogP contribution < -0.4 is 5.32 Å². The van der Waals surface area contributed by atoms with Crippen molar-refractivity contribution in [1.29, 1.82) is 0 Å². The number of halogens is 2. The van der Waals surface area contributed by atoms with Crippen LogP contribution in [0.15, 0.2) is 48.5 Å². The van der Waals surface area contributed by atoms with Crippen molar-refractivity contribution in [1.82, 2.24) is 5.32 Å². The quantitative estimate of drug-likeness (QED) is 0.898. The van der Waals surface area contributed by atoms with Gasteiger partial charge in [-0.3, -0.25) is 0 Å². The minimum Gasteiger partial charge on any atom is -0.319 e. The molecular weight excluding hydrogens is 285 g/mol. The van der Waals surface area contributed by atoms with Crippen molar-refractivity contribution in [2.45, 2.75) is 18.8 Å². The van der Waals surface area contributed by atoms with E-state index in [0.717, 1.165) is 19.4 Å². The molecule has 2 aromatic carbocycles. The summed E-state index contributed by atoms with van der Waals surface area (Å²) in [7, 11) is 2.00. The average molecular weight is 306 g/mol. The van der Waals surface area contributed by atoms with Crippen LogP contribution in [0.2, 0.25) is 0 Å². The lowest BCUT2D eigenvalue weighted by Crippen LogP contribution is -2.29. The van der Waals surface area contributed by atoms with Gasteiger partial charge in [0.05, 0.1) is 0 Å². The molecule has 0 unspecified atom stereocenters. The lowest BCUT2D eigenvalue weighted by molar-refractivity contribution is 0.394. The van der Waals surface area contributed by atoms with Crippen LogP contribution in [-0.4, -0.2) is 13.6 Å². The molecule has 0 bridgehead atoms. The molecule has 1 nitrogen and oxygen atoms in total. The van der Waals surface area contributed by atoms with Crippen LogP contribution in [0.1, 0.15) is 29.0 Å². The van der Waals surface area contributed by atoms with Crippen molar-refractivity contribution < 1.29 is 4.39 Å². The van der Waals surface area contributed by atoms with Crippen molar-refractivity contribution in [3.05, 3.63) is 71.0 Å². The maximum Gasteiger partial charge on any atom is 0.123 e. The Kier molecular flexibility index (Phi) is 5.38.